The molecule has 2 heterocycles. The molecule has 0 amide bonds. The van der Waals surface area contributed by atoms with Gasteiger partial charge in [0.2, 0.25) is 0 Å². The van der Waals surface area contributed by atoms with Crippen LogP contribution in [0.25, 0.3) is 0 Å². The highest BCUT2D eigenvalue weighted by molar-refractivity contribution is 8.25. The summed E-state index contributed by atoms with van der Waals surface area (Å²) in [5.74, 6) is -0.216. The van der Waals surface area contributed by atoms with Crippen LogP contribution in [0.5, 0.6) is 0 Å². The number of amidine groups is 1. The van der Waals surface area contributed by atoms with E-state index in [9.17, 15) is 4.79 Å². The van der Waals surface area contributed by atoms with Crippen molar-refractivity contribution in [3.8, 4) is 0 Å². The summed E-state index contributed by atoms with van der Waals surface area (Å²) >= 11 is 3.61. The summed E-state index contributed by atoms with van der Waals surface area (Å²) < 4.78 is 5.46. The lowest BCUT2D eigenvalue weighted by atomic mass is 10.1. The minimum Gasteiger partial charge on any atom is -0.465 e. The average Bonchev–Trinajstić information content (AvgIpc) is 2.75. The first-order valence-corrected chi connectivity index (χ1v) is 7.96. The Morgan fingerprint density at radius 3 is 3.11 bits per heavy atom. The lowest BCUT2D eigenvalue weighted by Gasteiger charge is -2.28. The van der Waals surface area contributed by atoms with Crippen LogP contribution >= 0.6 is 23.5 Å². The van der Waals surface area contributed by atoms with Crippen LogP contribution in [0.4, 0.5) is 0 Å². The molecule has 0 aromatic carbocycles. The number of hydrogen-bond acceptors (Lipinski definition) is 6. The molecule has 0 unspecified atom stereocenters. The summed E-state index contributed by atoms with van der Waals surface area (Å²) in [6.45, 7) is 5.01. The Labute approximate surface area is 117 Å². The van der Waals surface area contributed by atoms with Crippen LogP contribution in [0.15, 0.2) is 4.99 Å². The molecule has 0 saturated carbocycles. The van der Waals surface area contributed by atoms with Crippen LogP contribution in [0, 0.1) is 12.8 Å². The van der Waals surface area contributed by atoms with E-state index in [1.165, 1.54) is 6.92 Å². The second-order valence-electron chi connectivity index (χ2n) is 4.20. The zero-order valence-electron chi connectivity index (χ0n) is 10.6. The fraction of sp³-hybridized carbons (Fsp3) is 0.667. The van der Waals surface area contributed by atoms with Crippen LogP contribution in [0.3, 0.4) is 0 Å². The summed E-state index contributed by atoms with van der Waals surface area (Å²) in [6, 6.07) is 0.257. The van der Waals surface area contributed by atoms with E-state index >= 15 is 0 Å². The molecule has 4 nitrogen and oxygen atoms in total. The van der Waals surface area contributed by atoms with Crippen molar-refractivity contribution in [2.45, 2.75) is 36.1 Å². The molecule has 0 bridgehead atoms. The molecule has 0 aromatic rings. The lowest BCUT2D eigenvalue weighted by Crippen LogP contribution is -2.29. The van der Waals surface area contributed by atoms with Gasteiger partial charge in [0.1, 0.15) is 6.61 Å². The number of nitrogens with one attached hydrogen (secondary N) is 1. The van der Waals surface area contributed by atoms with Gasteiger partial charge in [0, 0.05) is 18.7 Å². The fourth-order valence-corrected chi connectivity index (χ4v) is 4.51. The van der Waals surface area contributed by atoms with Gasteiger partial charge >= 0.3 is 5.97 Å². The first-order chi connectivity index (χ1) is 8.69. The van der Waals surface area contributed by atoms with Gasteiger partial charge in [0.05, 0.1) is 10.6 Å². The quantitative estimate of drug-likeness (QED) is 0.800. The summed E-state index contributed by atoms with van der Waals surface area (Å²) in [5.41, 5.74) is 0. The topological polar surface area (TPSA) is 50.7 Å². The zero-order chi connectivity index (χ0) is 13.0. The number of carbonyl (C=O) groups is 1. The smallest absolute Gasteiger partial charge is 0.302 e. The van der Waals surface area contributed by atoms with Crippen molar-refractivity contribution in [2.75, 3.05) is 13.2 Å². The molecular formula is C12H18N2O2S2. The Hall–Kier alpha value is -0.360. The Morgan fingerprint density at radius 2 is 2.39 bits per heavy atom. The van der Waals surface area contributed by atoms with Crippen LogP contribution in [-0.2, 0) is 9.53 Å². The Kier molecular flexibility index (Phi) is 5.24. The third-order valence-electron chi connectivity index (χ3n) is 2.58. The summed E-state index contributed by atoms with van der Waals surface area (Å²) in [4.78, 5) is 15.4. The number of ether oxygens (including phenoxy) is 1. The highest BCUT2D eigenvalue weighted by Crippen LogP contribution is 2.43. The highest BCUT2D eigenvalue weighted by Gasteiger charge is 2.37. The van der Waals surface area contributed by atoms with Crippen molar-refractivity contribution >= 4 is 34.7 Å². The molecule has 100 valence electrons. The first kappa shape index (κ1) is 14.1. The summed E-state index contributed by atoms with van der Waals surface area (Å²) in [7, 11) is 0. The van der Waals surface area contributed by atoms with Crippen molar-refractivity contribution in [1.29, 1.82) is 0 Å². The normalized spacial score (nSPS) is 30.6. The van der Waals surface area contributed by atoms with Gasteiger partial charge in [-0.2, -0.15) is 0 Å². The number of carbonyl (C=O) groups excluding carboxylic acids is 1. The number of hydrogen-bond donors (Lipinski definition) is 1. The van der Waals surface area contributed by atoms with Crippen molar-refractivity contribution in [2.24, 2.45) is 4.99 Å². The molecule has 0 aliphatic carbocycles. The SMILES string of the molecule is CCCNC1=N[C@@H]2[CH][CH][C@H](COC(C)=O)S[C@@H]2S1. The molecule has 1 fully saturated rings. The second kappa shape index (κ2) is 6.70. The number of esters is 1. The van der Waals surface area contributed by atoms with Gasteiger partial charge < -0.3 is 10.1 Å². The highest BCUT2D eigenvalue weighted by atomic mass is 32.2. The molecule has 2 aliphatic heterocycles. The van der Waals surface area contributed by atoms with Crippen LogP contribution in [0.1, 0.15) is 20.3 Å². The number of fused-ring (bicyclic) bond motifs is 1. The van der Waals surface area contributed by atoms with E-state index in [4.69, 9.17) is 4.74 Å². The molecule has 2 rings (SSSR count). The Bertz CT molecular complexity index is 336. The van der Waals surface area contributed by atoms with Gasteiger partial charge in [0.25, 0.3) is 0 Å². The average molecular weight is 286 g/mol. The van der Waals surface area contributed by atoms with Crippen LogP contribution < -0.4 is 5.32 Å². The molecule has 0 spiro atoms. The molecule has 1 N–H and O–H groups in total. The monoisotopic (exact) mass is 286 g/mol. The maximum Gasteiger partial charge on any atom is 0.302 e. The van der Waals surface area contributed by atoms with Gasteiger partial charge in [-0.25, -0.2) is 0 Å². The maximum absolute atomic E-state index is 10.8. The van der Waals surface area contributed by atoms with Crippen LogP contribution in [-0.4, -0.2) is 40.2 Å². The van der Waals surface area contributed by atoms with Gasteiger partial charge in [-0.1, -0.05) is 18.7 Å². The first-order valence-electron chi connectivity index (χ1n) is 6.14. The number of rotatable bonds is 4. The summed E-state index contributed by atoms with van der Waals surface area (Å²) in [5, 5.41) is 4.63. The minimum atomic E-state index is -0.216. The lowest BCUT2D eigenvalue weighted by molar-refractivity contribution is -0.140. The number of thioether (sulfide) groups is 2. The molecule has 3 atom stereocenters. The van der Waals surface area contributed by atoms with Crippen molar-refractivity contribution in [1.82, 2.24) is 5.32 Å². The second-order valence-corrected chi connectivity index (χ2v) is 7.01. The molecular weight excluding hydrogens is 268 g/mol. The molecule has 0 aromatic heterocycles. The third kappa shape index (κ3) is 3.82. The Balaban J connectivity index is 1.77. The van der Waals surface area contributed by atoms with Gasteiger partial charge in [-0.15, -0.1) is 11.8 Å². The predicted octanol–water partition coefficient (Wildman–Crippen LogP) is 1.87. The van der Waals surface area contributed by atoms with Gasteiger partial charge in [0.15, 0.2) is 5.17 Å². The van der Waals surface area contributed by atoms with E-state index in [0.29, 0.717) is 11.2 Å². The van der Waals surface area contributed by atoms with E-state index in [0.717, 1.165) is 18.1 Å². The maximum atomic E-state index is 10.8. The number of nitrogens with zero attached hydrogens (tertiary/aromatic N) is 1. The van der Waals surface area contributed by atoms with E-state index in [-0.39, 0.29) is 17.3 Å². The van der Waals surface area contributed by atoms with E-state index in [1.807, 2.05) is 11.8 Å². The molecule has 2 aliphatic rings. The predicted molar refractivity (Wildman–Crippen MR) is 77.5 cm³/mol. The van der Waals surface area contributed by atoms with Crippen molar-refractivity contribution < 1.29 is 9.53 Å². The zero-order valence-corrected chi connectivity index (χ0v) is 12.2. The van der Waals surface area contributed by atoms with Crippen molar-refractivity contribution in [3.63, 3.8) is 0 Å². The van der Waals surface area contributed by atoms with Gasteiger partial charge in [-0.05, 0) is 19.3 Å². The standard InChI is InChI=1S/C12H18N2O2S2/c1-3-6-13-12-14-10-5-4-9(7-16-8(2)15)17-11(10)18-12/h4-5,9-11H,3,6-7H2,1-2H3,(H,13,14)/t9-,10-,11-/m1/s1. The van der Waals surface area contributed by atoms with Crippen LogP contribution in [0.2, 0.25) is 0 Å². The minimum absolute atomic E-state index is 0.216. The molecule has 18 heavy (non-hydrogen) atoms. The molecule has 2 radical (unpaired) electrons. The Morgan fingerprint density at radius 1 is 1.56 bits per heavy atom. The van der Waals surface area contributed by atoms with E-state index in [1.54, 1.807) is 11.8 Å². The largest absolute Gasteiger partial charge is 0.465 e. The third-order valence-corrected chi connectivity index (χ3v) is 5.38. The van der Waals surface area contributed by atoms with E-state index < -0.39 is 0 Å². The molecule has 6 heteroatoms. The fourth-order valence-electron chi connectivity index (χ4n) is 1.72. The summed E-state index contributed by atoms with van der Waals surface area (Å²) in [6.07, 6.45) is 5.33. The van der Waals surface area contributed by atoms with E-state index in [2.05, 4.69) is 30.1 Å². The van der Waals surface area contributed by atoms with Crippen molar-refractivity contribution in [3.05, 3.63) is 12.8 Å². The van der Waals surface area contributed by atoms with Gasteiger partial charge in [-0.3, -0.25) is 9.79 Å². The number of aliphatic imine (C=N–C) groups is 1. The molecule has 1 saturated heterocycles.